The third kappa shape index (κ3) is 3.73. The predicted molar refractivity (Wildman–Crippen MR) is 61.1 cm³/mol. The van der Waals surface area contributed by atoms with Gasteiger partial charge in [-0.15, -0.1) is 0 Å². The Kier molecular flexibility index (Phi) is 5.73. The summed E-state index contributed by atoms with van der Waals surface area (Å²) in [5.74, 6) is -0.173. The zero-order valence-corrected chi connectivity index (χ0v) is 10.0. The van der Waals surface area contributed by atoms with Gasteiger partial charge >= 0.3 is 0 Å². The second kappa shape index (κ2) is 6.83. The number of carbonyl (C=O) groups excluding carboxylic acids is 1. The van der Waals surface area contributed by atoms with Crippen molar-refractivity contribution in [2.45, 2.75) is 32.4 Å². The topological polar surface area (TPSA) is 70.6 Å². The zero-order valence-electron chi connectivity index (χ0n) is 10.0. The number of nitrogens with one attached hydrogen (secondary N) is 2. The van der Waals surface area contributed by atoms with Crippen LogP contribution in [-0.4, -0.2) is 49.5 Å². The van der Waals surface area contributed by atoms with E-state index in [2.05, 4.69) is 17.6 Å². The molecule has 3 N–H and O–H groups in total. The lowest BCUT2D eigenvalue weighted by molar-refractivity contribution is -0.126. The summed E-state index contributed by atoms with van der Waals surface area (Å²) < 4.78 is 5.32. The summed E-state index contributed by atoms with van der Waals surface area (Å²) in [6, 6.07) is -0.0919. The average Bonchev–Trinajstić information content (AvgIpc) is 2.74. The summed E-state index contributed by atoms with van der Waals surface area (Å²) in [6.45, 7) is 5.78. The highest BCUT2D eigenvalue weighted by atomic mass is 16.5. The lowest BCUT2D eigenvalue weighted by Gasteiger charge is -2.20. The summed E-state index contributed by atoms with van der Waals surface area (Å²) in [7, 11) is 0. The number of ether oxygens (including phenoxy) is 1. The van der Waals surface area contributed by atoms with Crippen molar-refractivity contribution in [1.82, 2.24) is 10.6 Å². The van der Waals surface area contributed by atoms with Gasteiger partial charge in [-0.05, 0) is 19.9 Å². The molecule has 1 saturated heterocycles. The molecule has 0 aromatic carbocycles. The zero-order chi connectivity index (χ0) is 12.0. The van der Waals surface area contributed by atoms with Gasteiger partial charge in [0.1, 0.15) is 0 Å². The standard InChI is InChI=1S/C11H22N2O3/c1-3-4-12-10-7-16-6-9(10)11(15)13-8(2)5-14/h8-10,12,14H,3-7H2,1-2H3,(H,13,15)/t8-,9?,10?/m0/s1. The monoisotopic (exact) mass is 230 g/mol. The summed E-state index contributed by atoms with van der Waals surface area (Å²) in [6.07, 6.45) is 1.04. The maximum Gasteiger partial charge on any atom is 0.227 e. The Morgan fingerprint density at radius 1 is 1.56 bits per heavy atom. The number of hydrogen-bond acceptors (Lipinski definition) is 4. The van der Waals surface area contributed by atoms with Gasteiger partial charge in [0.2, 0.25) is 5.91 Å². The molecule has 0 aromatic heterocycles. The molecule has 94 valence electrons. The maximum atomic E-state index is 11.8. The van der Waals surface area contributed by atoms with E-state index in [1.807, 2.05) is 0 Å². The van der Waals surface area contributed by atoms with E-state index >= 15 is 0 Å². The molecule has 1 aliphatic heterocycles. The second-order valence-corrected chi connectivity index (χ2v) is 4.30. The third-order valence-electron chi connectivity index (χ3n) is 2.74. The van der Waals surface area contributed by atoms with E-state index in [0.717, 1.165) is 13.0 Å². The predicted octanol–water partition coefficient (Wildman–Crippen LogP) is -0.502. The van der Waals surface area contributed by atoms with E-state index in [1.54, 1.807) is 6.92 Å². The summed E-state index contributed by atoms with van der Waals surface area (Å²) >= 11 is 0. The third-order valence-corrected chi connectivity index (χ3v) is 2.74. The highest BCUT2D eigenvalue weighted by molar-refractivity contribution is 5.80. The minimum atomic E-state index is -0.195. The molecule has 1 rings (SSSR count). The van der Waals surface area contributed by atoms with Gasteiger partial charge in [0.05, 0.1) is 25.7 Å². The van der Waals surface area contributed by atoms with Crippen molar-refractivity contribution in [1.29, 1.82) is 0 Å². The van der Waals surface area contributed by atoms with Crippen LogP contribution in [0.4, 0.5) is 0 Å². The van der Waals surface area contributed by atoms with E-state index < -0.39 is 0 Å². The normalized spacial score (nSPS) is 26.7. The van der Waals surface area contributed by atoms with Gasteiger partial charge in [0.15, 0.2) is 0 Å². The number of hydrogen-bond donors (Lipinski definition) is 3. The van der Waals surface area contributed by atoms with Crippen LogP contribution in [0.3, 0.4) is 0 Å². The van der Waals surface area contributed by atoms with Crippen LogP contribution in [0, 0.1) is 5.92 Å². The van der Waals surface area contributed by atoms with E-state index in [4.69, 9.17) is 9.84 Å². The molecule has 0 aromatic rings. The van der Waals surface area contributed by atoms with Crippen LogP contribution >= 0.6 is 0 Å². The van der Waals surface area contributed by atoms with Crippen molar-refractivity contribution in [2.24, 2.45) is 5.92 Å². The quantitative estimate of drug-likeness (QED) is 0.575. The highest BCUT2D eigenvalue weighted by Gasteiger charge is 2.33. The Balaban J connectivity index is 2.41. The molecule has 1 aliphatic rings. The van der Waals surface area contributed by atoms with E-state index in [0.29, 0.717) is 13.2 Å². The number of rotatable bonds is 6. The van der Waals surface area contributed by atoms with E-state index in [9.17, 15) is 4.79 Å². The molecule has 1 fully saturated rings. The van der Waals surface area contributed by atoms with Gasteiger partial charge in [0, 0.05) is 12.1 Å². The molecule has 1 amide bonds. The number of aliphatic hydroxyl groups is 1. The maximum absolute atomic E-state index is 11.8. The Morgan fingerprint density at radius 3 is 2.94 bits per heavy atom. The number of carbonyl (C=O) groups is 1. The fourth-order valence-electron chi connectivity index (χ4n) is 1.74. The van der Waals surface area contributed by atoms with Gasteiger partial charge in [-0.1, -0.05) is 6.92 Å². The Labute approximate surface area is 96.6 Å². The molecule has 16 heavy (non-hydrogen) atoms. The molecule has 0 bridgehead atoms. The summed E-state index contributed by atoms with van der Waals surface area (Å²) in [4.78, 5) is 11.8. The molecule has 3 atom stereocenters. The lowest BCUT2D eigenvalue weighted by Crippen LogP contribution is -2.47. The Morgan fingerprint density at radius 2 is 2.31 bits per heavy atom. The first-order valence-electron chi connectivity index (χ1n) is 5.91. The first kappa shape index (κ1) is 13.4. The highest BCUT2D eigenvalue weighted by Crippen LogP contribution is 2.14. The molecule has 0 radical (unpaired) electrons. The Bertz CT molecular complexity index is 223. The molecule has 0 saturated carbocycles. The van der Waals surface area contributed by atoms with Gasteiger partial charge < -0.3 is 20.5 Å². The SMILES string of the molecule is CCCNC1COCC1C(=O)N[C@@H](C)CO. The van der Waals surface area contributed by atoms with Crippen LogP contribution < -0.4 is 10.6 Å². The molecule has 5 heteroatoms. The van der Waals surface area contributed by atoms with Gasteiger partial charge in [-0.2, -0.15) is 0 Å². The molecule has 0 spiro atoms. The van der Waals surface area contributed by atoms with Crippen LogP contribution in [0.1, 0.15) is 20.3 Å². The number of aliphatic hydroxyl groups excluding tert-OH is 1. The van der Waals surface area contributed by atoms with E-state index in [-0.39, 0.29) is 30.5 Å². The van der Waals surface area contributed by atoms with Gasteiger partial charge in [0.25, 0.3) is 0 Å². The molecule has 2 unspecified atom stereocenters. The van der Waals surface area contributed by atoms with Crippen molar-refractivity contribution in [3.63, 3.8) is 0 Å². The fraction of sp³-hybridized carbons (Fsp3) is 0.909. The molecule has 1 heterocycles. The average molecular weight is 230 g/mol. The van der Waals surface area contributed by atoms with Crippen LogP contribution in [-0.2, 0) is 9.53 Å². The largest absolute Gasteiger partial charge is 0.394 e. The molecular weight excluding hydrogens is 208 g/mol. The van der Waals surface area contributed by atoms with Crippen LogP contribution in [0.2, 0.25) is 0 Å². The van der Waals surface area contributed by atoms with Gasteiger partial charge in [-0.25, -0.2) is 0 Å². The second-order valence-electron chi connectivity index (χ2n) is 4.30. The van der Waals surface area contributed by atoms with Crippen LogP contribution in [0.5, 0.6) is 0 Å². The Hall–Kier alpha value is -0.650. The fourth-order valence-corrected chi connectivity index (χ4v) is 1.74. The minimum absolute atomic E-state index is 0.0346. The molecule has 5 nitrogen and oxygen atoms in total. The molecule has 0 aliphatic carbocycles. The summed E-state index contributed by atoms with van der Waals surface area (Å²) in [5, 5.41) is 14.9. The molecular formula is C11H22N2O3. The van der Waals surface area contributed by atoms with Crippen molar-refractivity contribution < 1.29 is 14.6 Å². The van der Waals surface area contributed by atoms with E-state index in [1.165, 1.54) is 0 Å². The first-order valence-corrected chi connectivity index (χ1v) is 5.91. The van der Waals surface area contributed by atoms with Gasteiger partial charge in [-0.3, -0.25) is 4.79 Å². The van der Waals surface area contributed by atoms with Crippen molar-refractivity contribution in [2.75, 3.05) is 26.4 Å². The summed E-state index contributed by atoms with van der Waals surface area (Å²) in [5.41, 5.74) is 0. The van der Waals surface area contributed by atoms with Crippen molar-refractivity contribution >= 4 is 5.91 Å². The van der Waals surface area contributed by atoms with Crippen molar-refractivity contribution in [3.05, 3.63) is 0 Å². The van der Waals surface area contributed by atoms with Crippen LogP contribution in [0.25, 0.3) is 0 Å². The van der Waals surface area contributed by atoms with Crippen LogP contribution in [0.15, 0.2) is 0 Å². The lowest BCUT2D eigenvalue weighted by atomic mass is 10.0. The first-order chi connectivity index (χ1) is 7.69. The smallest absolute Gasteiger partial charge is 0.227 e. The minimum Gasteiger partial charge on any atom is -0.394 e. The number of amides is 1. The van der Waals surface area contributed by atoms with Crippen molar-refractivity contribution in [3.8, 4) is 0 Å².